The number of ketones is 1. The molecule has 0 aliphatic carbocycles. The van der Waals surface area contributed by atoms with Crippen LogP contribution in [0.15, 0.2) is 12.4 Å². The van der Waals surface area contributed by atoms with Gasteiger partial charge in [0, 0.05) is 19.3 Å². The highest BCUT2D eigenvalue weighted by molar-refractivity contribution is 6.03. The molecule has 16 heavy (non-hydrogen) atoms. The first-order valence-electron chi connectivity index (χ1n) is 5.59. The van der Waals surface area contributed by atoms with Crippen molar-refractivity contribution in [3.05, 3.63) is 18.0 Å². The van der Waals surface area contributed by atoms with E-state index in [1.165, 1.54) is 0 Å². The van der Waals surface area contributed by atoms with Gasteiger partial charge in [-0.2, -0.15) is 5.10 Å². The zero-order valence-corrected chi connectivity index (χ0v) is 9.48. The molecule has 88 valence electrons. The van der Waals surface area contributed by atoms with Gasteiger partial charge in [0.1, 0.15) is 5.54 Å². The minimum absolute atomic E-state index is 0.0626. The molecule has 2 N–H and O–H groups in total. The van der Waals surface area contributed by atoms with Gasteiger partial charge in [0.2, 0.25) is 0 Å². The number of nitrogens with two attached hydrogens (primary N) is 1. The first-order chi connectivity index (χ1) is 7.65. The molecule has 0 aromatic carbocycles. The van der Waals surface area contributed by atoms with Crippen molar-refractivity contribution in [2.45, 2.75) is 31.8 Å². The van der Waals surface area contributed by atoms with Crippen LogP contribution in [0.5, 0.6) is 0 Å². The summed E-state index contributed by atoms with van der Waals surface area (Å²) >= 11 is 0. The summed E-state index contributed by atoms with van der Waals surface area (Å²) in [6.07, 6.45) is 4.93. The maximum Gasteiger partial charge on any atom is 0.188 e. The average Bonchev–Trinajstić information content (AvgIpc) is 2.88. The standard InChI is InChI=1S/C11H17N3O2/c1-2-4-14-7-9(6-13-14)10(15)11(12)3-5-16-8-11/h6-7H,2-5,8,12H2,1H3. The summed E-state index contributed by atoms with van der Waals surface area (Å²) in [7, 11) is 0. The minimum Gasteiger partial charge on any atom is -0.379 e. The van der Waals surface area contributed by atoms with E-state index in [4.69, 9.17) is 10.5 Å². The van der Waals surface area contributed by atoms with E-state index in [1.807, 2.05) is 0 Å². The van der Waals surface area contributed by atoms with E-state index in [1.54, 1.807) is 17.1 Å². The smallest absolute Gasteiger partial charge is 0.188 e. The van der Waals surface area contributed by atoms with Gasteiger partial charge in [-0.15, -0.1) is 0 Å². The maximum absolute atomic E-state index is 12.1. The molecule has 0 saturated carbocycles. The molecule has 1 aromatic rings. The van der Waals surface area contributed by atoms with Gasteiger partial charge in [0.15, 0.2) is 5.78 Å². The summed E-state index contributed by atoms with van der Waals surface area (Å²) in [6, 6.07) is 0. The van der Waals surface area contributed by atoms with E-state index >= 15 is 0 Å². The summed E-state index contributed by atoms with van der Waals surface area (Å²) in [4.78, 5) is 12.1. The fraction of sp³-hybridized carbons (Fsp3) is 0.636. The number of carbonyl (C=O) groups is 1. The molecule has 5 nitrogen and oxygen atoms in total. The minimum atomic E-state index is -0.847. The molecular formula is C11H17N3O2. The first-order valence-corrected chi connectivity index (χ1v) is 5.59. The van der Waals surface area contributed by atoms with Crippen LogP contribution in [-0.4, -0.2) is 34.3 Å². The Kier molecular flexibility index (Phi) is 3.07. The van der Waals surface area contributed by atoms with Gasteiger partial charge in [-0.05, 0) is 12.8 Å². The Bertz CT molecular complexity index is 380. The second-order valence-corrected chi connectivity index (χ2v) is 4.28. The van der Waals surface area contributed by atoms with Gasteiger partial charge in [0.25, 0.3) is 0 Å². The zero-order chi connectivity index (χ0) is 11.6. The third-order valence-electron chi connectivity index (χ3n) is 2.85. The Morgan fingerprint density at radius 1 is 1.75 bits per heavy atom. The van der Waals surface area contributed by atoms with E-state index in [-0.39, 0.29) is 5.78 Å². The second kappa shape index (κ2) is 4.35. The second-order valence-electron chi connectivity index (χ2n) is 4.28. The highest BCUT2D eigenvalue weighted by Gasteiger charge is 2.39. The third kappa shape index (κ3) is 2.01. The van der Waals surface area contributed by atoms with Gasteiger partial charge in [-0.1, -0.05) is 6.92 Å². The molecule has 1 aliphatic heterocycles. The highest BCUT2D eigenvalue weighted by atomic mass is 16.5. The van der Waals surface area contributed by atoms with E-state index in [9.17, 15) is 4.79 Å². The predicted molar refractivity (Wildman–Crippen MR) is 59.2 cm³/mol. The monoisotopic (exact) mass is 223 g/mol. The van der Waals surface area contributed by atoms with Crippen LogP contribution < -0.4 is 5.73 Å². The number of aromatic nitrogens is 2. The summed E-state index contributed by atoms with van der Waals surface area (Å²) in [5.74, 6) is -0.0626. The lowest BCUT2D eigenvalue weighted by molar-refractivity contribution is 0.0863. The molecule has 5 heteroatoms. The molecule has 1 saturated heterocycles. The molecule has 1 aliphatic rings. The van der Waals surface area contributed by atoms with Gasteiger partial charge in [-0.25, -0.2) is 0 Å². The quantitative estimate of drug-likeness (QED) is 0.758. The molecule has 2 heterocycles. The lowest BCUT2D eigenvalue weighted by Crippen LogP contribution is -2.48. The lowest BCUT2D eigenvalue weighted by Gasteiger charge is -2.18. The lowest BCUT2D eigenvalue weighted by atomic mass is 9.91. The van der Waals surface area contributed by atoms with Crippen molar-refractivity contribution in [2.24, 2.45) is 5.73 Å². The summed E-state index contributed by atoms with van der Waals surface area (Å²) in [6.45, 7) is 3.76. The van der Waals surface area contributed by atoms with Crippen LogP contribution in [0.1, 0.15) is 30.1 Å². The van der Waals surface area contributed by atoms with Crippen molar-refractivity contribution in [3.63, 3.8) is 0 Å². The molecule has 0 amide bonds. The number of rotatable bonds is 4. The van der Waals surface area contributed by atoms with E-state index in [2.05, 4.69) is 12.0 Å². The van der Waals surface area contributed by atoms with Crippen molar-refractivity contribution in [1.82, 2.24) is 9.78 Å². The molecule has 1 aromatic heterocycles. The third-order valence-corrected chi connectivity index (χ3v) is 2.85. The van der Waals surface area contributed by atoms with Gasteiger partial charge in [-0.3, -0.25) is 9.48 Å². The average molecular weight is 223 g/mol. The van der Waals surface area contributed by atoms with Crippen LogP contribution in [-0.2, 0) is 11.3 Å². The fourth-order valence-corrected chi connectivity index (χ4v) is 1.88. The Morgan fingerprint density at radius 3 is 3.19 bits per heavy atom. The van der Waals surface area contributed by atoms with Crippen molar-refractivity contribution >= 4 is 5.78 Å². The Morgan fingerprint density at radius 2 is 2.56 bits per heavy atom. The number of hydrogen-bond donors (Lipinski definition) is 1. The first kappa shape index (κ1) is 11.3. The van der Waals surface area contributed by atoms with Gasteiger partial charge < -0.3 is 10.5 Å². The number of ether oxygens (including phenoxy) is 1. The van der Waals surface area contributed by atoms with Crippen LogP contribution in [0.25, 0.3) is 0 Å². The number of nitrogens with zero attached hydrogens (tertiary/aromatic N) is 2. The van der Waals surface area contributed by atoms with Gasteiger partial charge in [0.05, 0.1) is 18.4 Å². The van der Waals surface area contributed by atoms with Crippen molar-refractivity contribution in [3.8, 4) is 0 Å². The van der Waals surface area contributed by atoms with Gasteiger partial charge >= 0.3 is 0 Å². The number of hydrogen-bond acceptors (Lipinski definition) is 4. The normalized spacial score (nSPS) is 24.9. The largest absolute Gasteiger partial charge is 0.379 e. The predicted octanol–water partition coefficient (Wildman–Crippen LogP) is 0.594. The Labute approximate surface area is 94.6 Å². The van der Waals surface area contributed by atoms with E-state index in [0.717, 1.165) is 13.0 Å². The van der Waals surface area contributed by atoms with Crippen molar-refractivity contribution < 1.29 is 9.53 Å². The van der Waals surface area contributed by atoms with Crippen LogP contribution in [0.4, 0.5) is 0 Å². The Hall–Kier alpha value is -1.20. The van der Waals surface area contributed by atoms with Crippen LogP contribution in [0.3, 0.4) is 0 Å². The molecule has 2 rings (SSSR count). The van der Waals surface area contributed by atoms with Crippen LogP contribution >= 0.6 is 0 Å². The molecule has 1 fully saturated rings. The number of aryl methyl sites for hydroxylation is 1. The SMILES string of the molecule is CCCn1cc(C(=O)C2(N)CCOC2)cn1. The molecule has 0 bridgehead atoms. The molecule has 0 radical (unpaired) electrons. The van der Waals surface area contributed by atoms with Crippen LogP contribution in [0.2, 0.25) is 0 Å². The topological polar surface area (TPSA) is 70.1 Å². The Balaban J connectivity index is 2.13. The highest BCUT2D eigenvalue weighted by Crippen LogP contribution is 2.20. The zero-order valence-electron chi connectivity index (χ0n) is 9.48. The molecule has 1 unspecified atom stereocenters. The summed E-state index contributed by atoms with van der Waals surface area (Å²) < 4.78 is 6.95. The van der Waals surface area contributed by atoms with Crippen LogP contribution in [0, 0.1) is 0 Å². The maximum atomic E-state index is 12.1. The molecule has 0 spiro atoms. The van der Waals surface area contributed by atoms with Crippen molar-refractivity contribution in [1.29, 1.82) is 0 Å². The van der Waals surface area contributed by atoms with E-state index < -0.39 is 5.54 Å². The number of carbonyl (C=O) groups excluding carboxylic acids is 1. The van der Waals surface area contributed by atoms with E-state index in [0.29, 0.717) is 25.2 Å². The summed E-state index contributed by atoms with van der Waals surface area (Å²) in [5, 5.41) is 4.13. The molecular weight excluding hydrogens is 206 g/mol. The van der Waals surface area contributed by atoms with Crippen molar-refractivity contribution in [2.75, 3.05) is 13.2 Å². The fourth-order valence-electron chi connectivity index (χ4n) is 1.88. The summed E-state index contributed by atoms with van der Waals surface area (Å²) in [5.41, 5.74) is 5.74. The number of Topliss-reactive ketones (excluding diaryl/α,β-unsaturated/α-hetero) is 1. The molecule has 1 atom stereocenters.